The van der Waals surface area contributed by atoms with E-state index in [1.54, 1.807) is 13.8 Å². The zero-order valence-corrected chi connectivity index (χ0v) is 11.2. The van der Waals surface area contributed by atoms with Crippen LogP contribution in [0.4, 0.5) is 5.69 Å². The second kappa shape index (κ2) is 6.83. The van der Waals surface area contributed by atoms with Gasteiger partial charge in [-0.3, -0.25) is 19.6 Å². The van der Waals surface area contributed by atoms with E-state index in [4.69, 9.17) is 5.73 Å². The SMILES string of the molecule is Cc1nn(CCC(=O)NCCCN)c(C)c1[N+](=O)[O-]. The van der Waals surface area contributed by atoms with Crippen LogP contribution in [0, 0.1) is 24.0 Å². The first-order chi connectivity index (χ1) is 8.97. The van der Waals surface area contributed by atoms with Gasteiger partial charge in [0.25, 0.3) is 0 Å². The molecule has 0 aliphatic heterocycles. The molecule has 0 atom stereocenters. The molecule has 0 fully saturated rings. The maximum atomic E-state index is 11.5. The Kier molecular flexibility index (Phi) is 5.43. The highest BCUT2D eigenvalue weighted by atomic mass is 16.6. The maximum Gasteiger partial charge on any atom is 0.312 e. The number of nitrogens with two attached hydrogens (primary N) is 1. The number of nitrogens with one attached hydrogen (secondary N) is 1. The average Bonchev–Trinajstić information content (AvgIpc) is 2.62. The molecule has 0 saturated heterocycles. The van der Waals surface area contributed by atoms with Crippen molar-refractivity contribution < 1.29 is 9.72 Å². The lowest BCUT2D eigenvalue weighted by molar-refractivity contribution is -0.386. The minimum atomic E-state index is -0.449. The van der Waals surface area contributed by atoms with Crippen molar-refractivity contribution in [3.63, 3.8) is 0 Å². The molecule has 1 aromatic rings. The lowest BCUT2D eigenvalue weighted by atomic mass is 10.3. The van der Waals surface area contributed by atoms with Crippen LogP contribution in [0.15, 0.2) is 0 Å². The molecule has 19 heavy (non-hydrogen) atoms. The molecular formula is C11H19N5O3. The fourth-order valence-electron chi connectivity index (χ4n) is 1.80. The predicted octanol–water partition coefficient (Wildman–Crippen LogP) is 0.263. The number of carbonyl (C=O) groups excluding carboxylic acids is 1. The number of nitro groups is 1. The van der Waals surface area contributed by atoms with E-state index in [9.17, 15) is 14.9 Å². The highest BCUT2D eigenvalue weighted by Crippen LogP contribution is 2.21. The number of hydrogen-bond donors (Lipinski definition) is 2. The molecule has 1 rings (SSSR count). The van der Waals surface area contributed by atoms with E-state index < -0.39 is 4.92 Å². The van der Waals surface area contributed by atoms with Gasteiger partial charge in [-0.2, -0.15) is 5.10 Å². The molecule has 0 aliphatic carbocycles. The molecule has 0 bridgehead atoms. The normalized spacial score (nSPS) is 10.5. The van der Waals surface area contributed by atoms with Gasteiger partial charge < -0.3 is 11.1 Å². The van der Waals surface area contributed by atoms with E-state index in [0.29, 0.717) is 31.0 Å². The molecule has 1 heterocycles. The van der Waals surface area contributed by atoms with Crippen molar-refractivity contribution in [1.82, 2.24) is 15.1 Å². The summed E-state index contributed by atoms with van der Waals surface area (Å²) in [7, 11) is 0. The first-order valence-corrected chi connectivity index (χ1v) is 6.12. The largest absolute Gasteiger partial charge is 0.356 e. The van der Waals surface area contributed by atoms with Crippen molar-refractivity contribution >= 4 is 11.6 Å². The van der Waals surface area contributed by atoms with Gasteiger partial charge in [0.1, 0.15) is 11.4 Å². The Morgan fingerprint density at radius 2 is 2.21 bits per heavy atom. The highest BCUT2D eigenvalue weighted by molar-refractivity contribution is 5.75. The Morgan fingerprint density at radius 3 is 2.74 bits per heavy atom. The van der Waals surface area contributed by atoms with Crippen molar-refractivity contribution in [2.75, 3.05) is 13.1 Å². The van der Waals surface area contributed by atoms with Crippen LogP contribution < -0.4 is 11.1 Å². The minimum Gasteiger partial charge on any atom is -0.356 e. The molecule has 0 radical (unpaired) electrons. The van der Waals surface area contributed by atoms with Gasteiger partial charge in [0, 0.05) is 13.0 Å². The number of aryl methyl sites for hydroxylation is 2. The lowest BCUT2D eigenvalue weighted by Gasteiger charge is -2.05. The van der Waals surface area contributed by atoms with Gasteiger partial charge >= 0.3 is 5.69 Å². The molecule has 106 valence electrons. The minimum absolute atomic E-state index is 0.0172. The molecule has 0 aromatic carbocycles. The van der Waals surface area contributed by atoms with Crippen LogP contribution in [0.25, 0.3) is 0 Å². The smallest absolute Gasteiger partial charge is 0.312 e. The summed E-state index contributed by atoms with van der Waals surface area (Å²) in [6.07, 6.45) is 0.973. The Hall–Kier alpha value is -1.96. The standard InChI is InChI=1S/C11H19N5O3/c1-8-11(16(18)19)9(2)15(14-8)7-4-10(17)13-6-3-5-12/h3-7,12H2,1-2H3,(H,13,17). The summed E-state index contributed by atoms with van der Waals surface area (Å²) in [5.74, 6) is -0.108. The van der Waals surface area contributed by atoms with Crippen LogP contribution in [-0.2, 0) is 11.3 Å². The number of rotatable bonds is 7. The maximum absolute atomic E-state index is 11.5. The van der Waals surface area contributed by atoms with Gasteiger partial charge in [-0.05, 0) is 26.8 Å². The Labute approximate surface area is 111 Å². The second-order valence-corrected chi connectivity index (χ2v) is 4.24. The molecule has 0 saturated carbocycles. The number of hydrogen-bond acceptors (Lipinski definition) is 5. The molecule has 0 spiro atoms. The van der Waals surface area contributed by atoms with E-state index in [1.807, 2.05) is 0 Å². The van der Waals surface area contributed by atoms with Crippen LogP contribution in [0.2, 0.25) is 0 Å². The van der Waals surface area contributed by atoms with Gasteiger partial charge in [0.15, 0.2) is 0 Å². The summed E-state index contributed by atoms with van der Waals surface area (Å²) in [6.45, 7) is 4.62. The summed E-state index contributed by atoms with van der Waals surface area (Å²) < 4.78 is 1.50. The van der Waals surface area contributed by atoms with Crippen LogP contribution in [0.3, 0.4) is 0 Å². The number of aromatic nitrogens is 2. The average molecular weight is 269 g/mol. The van der Waals surface area contributed by atoms with Gasteiger partial charge in [-0.15, -0.1) is 0 Å². The lowest BCUT2D eigenvalue weighted by Crippen LogP contribution is -2.27. The molecular weight excluding hydrogens is 250 g/mol. The van der Waals surface area contributed by atoms with Crippen molar-refractivity contribution in [2.24, 2.45) is 5.73 Å². The summed E-state index contributed by atoms with van der Waals surface area (Å²) in [5, 5.41) is 17.6. The number of nitrogens with zero attached hydrogens (tertiary/aromatic N) is 3. The predicted molar refractivity (Wildman–Crippen MR) is 69.7 cm³/mol. The van der Waals surface area contributed by atoms with Crippen molar-refractivity contribution in [3.8, 4) is 0 Å². The van der Waals surface area contributed by atoms with Crippen LogP contribution in [-0.4, -0.2) is 33.7 Å². The van der Waals surface area contributed by atoms with E-state index >= 15 is 0 Å². The molecule has 3 N–H and O–H groups in total. The molecule has 1 aromatic heterocycles. The van der Waals surface area contributed by atoms with Crippen molar-refractivity contribution in [1.29, 1.82) is 0 Å². The quantitative estimate of drug-likeness (QED) is 0.418. The van der Waals surface area contributed by atoms with Gasteiger partial charge in [-0.1, -0.05) is 0 Å². The highest BCUT2D eigenvalue weighted by Gasteiger charge is 2.21. The zero-order chi connectivity index (χ0) is 14.4. The summed E-state index contributed by atoms with van der Waals surface area (Å²) in [6, 6.07) is 0. The summed E-state index contributed by atoms with van der Waals surface area (Å²) in [4.78, 5) is 21.9. The molecule has 1 amide bonds. The second-order valence-electron chi connectivity index (χ2n) is 4.24. The van der Waals surface area contributed by atoms with Crippen molar-refractivity contribution in [2.45, 2.75) is 33.2 Å². The topological polar surface area (TPSA) is 116 Å². The van der Waals surface area contributed by atoms with Gasteiger partial charge in [-0.25, -0.2) is 0 Å². The van der Waals surface area contributed by atoms with E-state index in [0.717, 1.165) is 6.42 Å². The zero-order valence-electron chi connectivity index (χ0n) is 11.2. The van der Waals surface area contributed by atoms with Crippen LogP contribution in [0.5, 0.6) is 0 Å². The van der Waals surface area contributed by atoms with E-state index in [-0.39, 0.29) is 18.0 Å². The summed E-state index contributed by atoms with van der Waals surface area (Å²) in [5.41, 5.74) is 6.17. The van der Waals surface area contributed by atoms with Crippen LogP contribution >= 0.6 is 0 Å². The van der Waals surface area contributed by atoms with Gasteiger partial charge in [0.05, 0.1) is 11.5 Å². The van der Waals surface area contributed by atoms with Crippen LogP contribution in [0.1, 0.15) is 24.2 Å². The fourth-order valence-corrected chi connectivity index (χ4v) is 1.80. The first-order valence-electron chi connectivity index (χ1n) is 6.12. The molecule has 8 heteroatoms. The summed E-state index contributed by atoms with van der Waals surface area (Å²) >= 11 is 0. The van der Waals surface area contributed by atoms with Gasteiger partial charge in [0.2, 0.25) is 5.91 Å². The first kappa shape index (κ1) is 15.1. The number of amides is 1. The fraction of sp³-hybridized carbons (Fsp3) is 0.636. The molecule has 0 unspecified atom stereocenters. The number of carbonyl (C=O) groups is 1. The Balaban J connectivity index is 2.57. The van der Waals surface area contributed by atoms with E-state index in [1.165, 1.54) is 4.68 Å². The Morgan fingerprint density at radius 1 is 1.53 bits per heavy atom. The third-order valence-corrected chi connectivity index (χ3v) is 2.78. The third-order valence-electron chi connectivity index (χ3n) is 2.78. The Bertz CT molecular complexity index is 469. The monoisotopic (exact) mass is 269 g/mol. The van der Waals surface area contributed by atoms with Crippen molar-refractivity contribution in [3.05, 3.63) is 21.5 Å². The molecule has 0 aliphatic rings. The third kappa shape index (κ3) is 4.02. The van der Waals surface area contributed by atoms with E-state index in [2.05, 4.69) is 10.4 Å². The molecule has 8 nitrogen and oxygen atoms in total.